The van der Waals surface area contributed by atoms with E-state index in [0.29, 0.717) is 0 Å². The zero-order chi connectivity index (χ0) is 19.9. The molecule has 3 aromatic heterocycles. The van der Waals surface area contributed by atoms with Gasteiger partial charge in [-0.15, -0.1) is 0 Å². The van der Waals surface area contributed by atoms with Crippen LogP contribution in [0.2, 0.25) is 0 Å². The van der Waals surface area contributed by atoms with Crippen molar-refractivity contribution in [1.29, 1.82) is 0 Å². The Balaban J connectivity index is 1.39. The van der Waals surface area contributed by atoms with Crippen LogP contribution in [0.25, 0.3) is 22.6 Å². The van der Waals surface area contributed by atoms with Crippen molar-refractivity contribution in [3.8, 4) is 11.6 Å². The Morgan fingerprint density at radius 2 is 1.87 bits per heavy atom. The van der Waals surface area contributed by atoms with E-state index in [0.717, 1.165) is 35.4 Å². The summed E-state index contributed by atoms with van der Waals surface area (Å²) in [6.07, 6.45) is 15.1. The summed E-state index contributed by atoms with van der Waals surface area (Å²) in [4.78, 5) is 9.10. The smallest absolute Gasteiger partial charge is 0.177 e. The van der Waals surface area contributed by atoms with E-state index in [-0.39, 0.29) is 11.1 Å². The molecule has 0 radical (unpaired) electrons. The van der Waals surface area contributed by atoms with Crippen LogP contribution in [0.1, 0.15) is 44.1 Å². The first-order chi connectivity index (χ1) is 14.7. The number of nitrogens with zero attached hydrogens (tertiary/aromatic N) is 5. The third-order valence-corrected chi connectivity index (χ3v) is 8.10. The normalized spacial score (nSPS) is 32.3. The molecule has 4 aliphatic carbocycles. The Kier molecular flexibility index (Phi) is 3.16. The van der Waals surface area contributed by atoms with Gasteiger partial charge in [0.05, 0.1) is 5.54 Å². The van der Waals surface area contributed by atoms with Gasteiger partial charge in [-0.05, 0) is 63.4 Å². The second-order valence-corrected chi connectivity index (χ2v) is 9.92. The van der Waals surface area contributed by atoms with Crippen LogP contribution in [0.15, 0.2) is 53.7 Å². The number of fused-ring (bicyclic) bond motifs is 1. The molecule has 1 aromatic carbocycles. The summed E-state index contributed by atoms with van der Waals surface area (Å²) >= 11 is 0. The SMILES string of the molecule is Cc1c(-c2nccn2C23CC4CC(CC(n5cncn5)(C4)C2)C3)oc2ccccc12. The maximum atomic E-state index is 6.33. The third kappa shape index (κ3) is 2.11. The Morgan fingerprint density at radius 3 is 2.63 bits per heavy atom. The minimum Gasteiger partial charge on any atom is -0.453 e. The van der Waals surface area contributed by atoms with E-state index in [2.05, 4.69) is 44.6 Å². The molecule has 4 bridgehead atoms. The number of hydrogen-bond acceptors (Lipinski definition) is 4. The number of imidazole rings is 1. The van der Waals surface area contributed by atoms with Crippen molar-refractivity contribution in [2.45, 2.75) is 56.5 Å². The average Bonchev–Trinajstić information content (AvgIpc) is 3.48. The van der Waals surface area contributed by atoms with Crippen molar-refractivity contribution in [3.63, 3.8) is 0 Å². The zero-order valence-electron chi connectivity index (χ0n) is 17.2. The molecule has 4 saturated carbocycles. The van der Waals surface area contributed by atoms with Gasteiger partial charge >= 0.3 is 0 Å². The first-order valence-corrected chi connectivity index (χ1v) is 11.0. The Morgan fingerprint density at radius 1 is 1.07 bits per heavy atom. The van der Waals surface area contributed by atoms with E-state index in [9.17, 15) is 0 Å². The largest absolute Gasteiger partial charge is 0.453 e. The molecule has 4 aliphatic rings. The number of para-hydroxylation sites is 1. The van der Waals surface area contributed by atoms with Crippen LogP contribution in [0.5, 0.6) is 0 Å². The molecular formula is C24H25N5O. The topological polar surface area (TPSA) is 61.7 Å². The van der Waals surface area contributed by atoms with Crippen molar-refractivity contribution >= 4 is 11.0 Å². The number of benzene rings is 1. The van der Waals surface area contributed by atoms with Crippen LogP contribution >= 0.6 is 0 Å². The van der Waals surface area contributed by atoms with Gasteiger partial charge in [-0.1, -0.05) is 18.2 Å². The summed E-state index contributed by atoms with van der Waals surface area (Å²) in [6, 6.07) is 8.28. The molecule has 0 N–H and O–H groups in total. The molecule has 0 saturated heterocycles. The predicted molar refractivity (Wildman–Crippen MR) is 113 cm³/mol. The van der Waals surface area contributed by atoms with E-state index in [4.69, 9.17) is 9.40 Å². The summed E-state index contributed by atoms with van der Waals surface area (Å²) in [5.41, 5.74) is 2.27. The van der Waals surface area contributed by atoms with Crippen LogP contribution in [0, 0.1) is 18.8 Å². The van der Waals surface area contributed by atoms with E-state index in [1.165, 1.54) is 43.1 Å². The fraction of sp³-hybridized carbons (Fsp3) is 0.458. The number of aryl methyl sites for hydroxylation is 1. The highest BCUT2D eigenvalue weighted by molar-refractivity contribution is 5.86. The molecular weight excluding hydrogens is 374 g/mol. The van der Waals surface area contributed by atoms with E-state index < -0.39 is 0 Å². The van der Waals surface area contributed by atoms with Crippen LogP contribution in [0.4, 0.5) is 0 Å². The maximum absolute atomic E-state index is 6.33. The van der Waals surface area contributed by atoms with Gasteiger partial charge in [-0.25, -0.2) is 14.6 Å². The van der Waals surface area contributed by atoms with Gasteiger partial charge in [0.1, 0.15) is 18.2 Å². The molecule has 2 unspecified atom stereocenters. The minimum absolute atomic E-state index is 0.0767. The first kappa shape index (κ1) is 16.9. The molecule has 0 amide bonds. The molecule has 2 atom stereocenters. The van der Waals surface area contributed by atoms with Gasteiger partial charge < -0.3 is 8.98 Å². The molecule has 8 rings (SSSR count). The highest BCUT2D eigenvalue weighted by Crippen LogP contribution is 2.63. The number of hydrogen-bond donors (Lipinski definition) is 0. The summed E-state index contributed by atoms with van der Waals surface area (Å²) in [5.74, 6) is 3.36. The van der Waals surface area contributed by atoms with Crippen LogP contribution in [-0.2, 0) is 11.1 Å². The lowest BCUT2D eigenvalue weighted by Crippen LogP contribution is -2.60. The second kappa shape index (κ2) is 5.62. The number of furan rings is 1. The van der Waals surface area contributed by atoms with Gasteiger partial charge in [0.2, 0.25) is 0 Å². The molecule has 4 aromatic rings. The lowest BCUT2D eigenvalue weighted by atomic mass is 9.49. The molecule has 0 spiro atoms. The Hall–Kier alpha value is -2.89. The van der Waals surface area contributed by atoms with Crippen LogP contribution in [-0.4, -0.2) is 24.3 Å². The molecule has 6 heteroatoms. The third-order valence-electron chi connectivity index (χ3n) is 8.10. The maximum Gasteiger partial charge on any atom is 0.177 e. The number of rotatable bonds is 3. The quantitative estimate of drug-likeness (QED) is 0.491. The minimum atomic E-state index is 0.0767. The molecule has 30 heavy (non-hydrogen) atoms. The second-order valence-electron chi connectivity index (χ2n) is 9.92. The zero-order valence-corrected chi connectivity index (χ0v) is 17.2. The van der Waals surface area contributed by atoms with Crippen LogP contribution in [0.3, 0.4) is 0 Å². The first-order valence-electron chi connectivity index (χ1n) is 11.0. The van der Waals surface area contributed by atoms with Crippen molar-refractivity contribution in [3.05, 3.63) is 54.9 Å². The van der Waals surface area contributed by atoms with E-state index >= 15 is 0 Å². The molecule has 3 heterocycles. The van der Waals surface area contributed by atoms with E-state index in [1.807, 2.05) is 24.7 Å². The summed E-state index contributed by atoms with van der Waals surface area (Å²) in [5, 5.41) is 5.78. The fourth-order valence-electron chi connectivity index (χ4n) is 7.41. The highest BCUT2D eigenvalue weighted by Gasteiger charge is 2.60. The van der Waals surface area contributed by atoms with Crippen molar-refractivity contribution in [1.82, 2.24) is 24.3 Å². The monoisotopic (exact) mass is 399 g/mol. The standard InChI is InChI=1S/C24H25N5O/c1-16-19-4-2-3-5-20(19)30-21(16)22-26-6-7-28(22)23-9-17-8-18(10-23)12-24(11-17,13-23)29-15-25-14-27-29/h2-7,14-15,17-18H,8-13H2,1H3. The molecule has 4 fully saturated rings. The fourth-order valence-corrected chi connectivity index (χ4v) is 7.41. The summed E-state index contributed by atoms with van der Waals surface area (Å²) in [6.45, 7) is 2.15. The van der Waals surface area contributed by atoms with Gasteiger partial charge in [0, 0.05) is 28.9 Å². The van der Waals surface area contributed by atoms with E-state index in [1.54, 1.807) is 6.33 Å². The van der Waals surface area contributed by atoms with Gasteiger partial charge in [-0.2, -0.15) is 5.10 Å². The lowest BCUT2D eigenvalue weighted by Gasteiger charge is -2.62. The van der Waals surface area contributed by atoms with Crippen molar-refractivity contribution in [2.75, 3.05) is 0 Å². The summed E-state index contributed by atoms with van der Waals surface area (Å²) < 4.78 is 11.0. The highest BCUT2D eigenvalue weighted by atomic mass is 16.3. The predicted octanol–water partition coefficient (Wildman–Crippen LogP) is 4.90. The summed E-state index contributed by atoms with van der Waals surface area (Å²) in [7, 11) is 0. The number of aromatic nitrogens is 5. The van der Waals surface area contributed by atoms with Gasteiger partial charge in [0.25, 0.3) is 0 Å². The van der Waals surface area contributed by atoms with Gasteiger partial charge in [-0.3, -0.25) is 0 Å². The lowest BCUT2D eigenvalue weighted by molar-refractivity contribution is -0.0969. The van der Waals surface area contributed by atoms with Crippen LogP contribution < -0.4 is 0 Å². The van der Waals surface area contributed by atoms with Crippen molar-refractivity contribution in [2.24, 2.45) is 11.8 Å². The van der Waals surface area contributed by atoms with Crippen molar-refractivity contribution < 1.29 is 4.42 Å². The molecule has 6 nitrogen and oxygen atoms in total. The Labute approximate surface area is 174 Å². The average molecular weight is 399 g/mol. The molecule has 0 aliphatic heterocycles. The molecule has 152 valence electrons. The Bertz CT molecular complexity index is 1240. The van der Waals surface area contributed by atoms with Gasteiger partial charge in [0.15, 0.2) is 11.6 Å².